The lowest BCUT2D eigenvalue weighted by Crippen LogP contribution is -2.23. The van der Waals surface area contributed by atoms with Gasteiger partial charge in [0, 0.05) is 38.7 Å². The average Bonchev–Trinajstić information content (AvgIpc) is 2.59. The highest BCUT2D eigenvalue weighted by atomic mass is 16.5. The highest BCUT2D eigenvalue weighted by Crippen LogP contribution is 2.15. The molecule has 1 heterocycles. The molecule has 0 atom stereocenters. The van der Waals surface area contributed by atoms with E-state index in [1.807, 2.05) is 24.3 Å². The molecule has 3 N–H and O–H groups in total. The van der Waals surface area contributed by atoms with Crippen molar-refractivity contribution < 1.29 is 14.2 Å². The summed E-state index contributed by atoms with van der Waals surface area (Å²) in [5.41, 5.74) is 6.75. The van der Waals surface area contributed by atoms with E-state index in [-0.39, 0.29) is 0 Å². The van der Waals surface area contributed by atoms with Gasteiger partial charge in [-0.2, -0.15) is 0 Å². The summed E-state index contributed by atoms with van der Waals surface area (Å²) in [6, 6.07) is 7.55. The normalized spacial score (nSPS) is 16.3. The minimum absolute atomic E-state index is 0.416. The van der Waals surface area contributed by atoms with Crippen molar-refractivity contribution in [2.24, 2.45) is 16.6 Å². The van der Waals surface area contributed by atoms with Gasteiger partial charge in [-0.1, -0.05) is 0 Å². The van der Waals surface area contributed by atoms with Crippen molar-refractivity contribution in [1.82, 2.24) is 0 Å². The first-order valence-electron chi connectivity index (χ1n) is 8.14. The van der Waals surface area contributed by atoms with E-state index in [1.54, 1.807) is 7.11 Å². The van der Waals surface area contributed by atoms with E-state index in [0.29, 0.717) is 18.4 Å². The van der Waals surface area contributed by atoms with E-state index in [2.05, 4.69) is 10.3 Å². The molecule has 2 rings (SSSR count). The van der Waals surface area contributed by atoms with Crippen LogP contribution in [-0.2, 0) is 9.47 Å². The Labute approximate surface area is 138 Å². The maximum Gasteiger partial charge on any atom is 0.193 e. The van der Waals surface area contributed by atoms with Crippen molar-refractivity contribution in [1.29, 1.82) is 0 Å². The summed E-state index contributed by atoms with van der Waals surface area (Å²) in [4.78, 5) is 4.30. The summed E-state index contributed by atoms with van der Waals surface area (Å²) in [5, 5.41) is 3.05. The summed E-state index contributed by atoms with van der Waals surface area (Å²) < 4.78 is 16.1. The highest BCUT2D eigenvalue weighted by molar-refractivity contribution is 5.92. The molecule has 1 aliphatic heterocycles. The van der Waals surface area contributed by atoms with Gasteiger partial charge in [-0.25, -0.2) is 0 Å². The average molecular weight is 321 g/mol. The largest absolute Gasteiger partial charge is 0.497 e. The third-order valence-electron chi connectivity index (χ3n) is 3.79. The summed E-state index contributed by atoms with van der Waals surface area (Å²) in [7, 11) is 1.64. The Hall–Kier alpha value is -1.79. The molecule has 0 aliphatic carbocycles. The molecule has 0 bridgehead atoms. The van der Waals surface area contributed by atoms with Crippen LogP contribution >= 0.6 is 0 Å². The number of hydrogen-bond acceptors (Lipinski definition) is 4. The lowest BCUT2D eigenvalue weighted by molar-refractivity contribution is 0.0205. The number of anilines is 1. The van der Waals surface area contributed by atoms with Gasteiger partial charge in [0.1, 0.15) is 5.75 Å². The zero-order valence-corrected chi connectivity index (χ0v) is 13.8. The van der Waals surface area contributed by atoms with Crippen molar-refractivity contribution in [3.8, 4) is 5.75 Å². The molecular weight excluding hydrogens is 294 g/mol. The molecule has 1 aliphatic rings. The zero-order chi connectivity index (χ0) is 16.3. The van der Waals surface area contributed by atoms with Crippen LogP contribution in [0.25, 0.3) is 0 Å². The van der Waals surface area contributed by atoms with Gasteiger partial charge < -0.3 is 25.3 Å². The zero-order valence-electron chi connectivity index (χ0n) is 13.8. The minimum atomic E-state index is 0.416. The van der Waals surface area contributed by atoms with Crippen LogP contribution in [-0.4, -0.2) is 46.0 Å². The lowest BCUT2D eigenvalue weighted by atomic mass is 10.0. The highest BCUT2D eigenvalue weighted by Gasteiger charge is 2.13. The van der Waals surface area contributed by atoms with Crippen LogP contribution in [0.15, 0.2) is 29.3 Å². The van der Waals surface area contributed by atoms with Gasteiger partial charge in [0.25, 0.3) is 0 Å². The number of hydrogen-bond donors (Lipinski definition) is 2. The Bertz CT molecular complexity index is 470. The fourth-order valence-corrected chi connectivity index (χ4v) is 2.39. The molecule has 23 heavy (non-hydrogen) atoms. The fraction of sp³-hybridized carbons (Fsp3) is 0.588. The molecule has 1 aromatic rings. The van der Waals surface area contributed by atoms with Crippen molar-refractivity contribution in [2.45, 2.75) is 19.3 Å². The Morgan fingerprint density at radius 3 is 2.74 bits per heavy atom. The fourth-order valence-electron chi connectivity index (χ4n) is 2.39. The predicted molar refractivity (Wildman–Crippen MR) is 92.1 cm³/mol. The number of methoxy groups -OCH3 is 1. The topological polar surface area (TPSA) is 78.1 Å². The minimum Gasteiger partial charge on any atom is -0.497 e. The standard InChI is InChI=1S/C17H27N3O3/c1-21-16-5-3-15(4-6-16)20-17(18)19-9-2-10-23-13-14-7-11-22-12-8-14/h3-6,14H,2,7-13H2,1H3,(H3,18,19,20). The number of nitrogens with one attached hydrogen (secondary N) is 1. The van der Waals surface area contributed by atoms with Crippen molar-refractivity contribution in [3.05, 3.63) is 24.3 Å². The molecule has 0 unspecified atom stereocenters. The van der Waals surface area contributed by atoms with Gasteiger partial charge in [-0.3, -0.25) is 4.99 Å². The van der Waals surface area contributed by atoms with E-state index in [9.17, 15) is 0 Å². The maximum atomic E-state index is 5.86. The van der Waals surface area contributed by atoms with Gasteiger partial charge in [-0.15, -0.1) is 0 Å². The Balaban J connectivity index is 1.57. The second-order valence-corrected chi connectivity index (χ2v) is 5.60. The van der Waals surface area contributed by atoms with Gasteiger partial charge >= 0.3 is 0 Å². The van der Waals surface area contributed by atoms with Gasteiger partial charge in [0.05, 0.1) is 7.11 Å². The number of benzene rings is 1. The molecular formula is C17H27N3O3. The van der Waals surface area contributed by atoms with Crippen LogP contribution in [0.5, 0.6) is 5.75 Å². The molecule has 1 aromatic carbocycles. The number of rotatable bonds is 8. The number of guanidine groups is 1. The maximum absolute atomic E-state index is 5.86. The van der Waals surface area contributed by atoms with E-state index >= 15 is 0 Å². The SMILES string of the molecule is COc1ccc(NC(N)=NCCCOCC2CCOCC2)cc1. The van der Waals surface area contributed by atoms with Crippen LogP contribution < -0.4 is 15.8 Å². The number of nitrogens with two attached hydrogens (primary N) is 1. The molecule has 1 saturated heterocycles. The third-order valence-corrected chi connectivity index (χ3v) is 3.79. The summed E-state index contributed by atoms with van der Waals surface area (Å²) >= 11 is 0. The molecule has 6 nitrogen and oxygen atoms in total. The first-order valence-corrected chi connectivity index (χ1v) is 8.14. The van der Waals surface area contributed by atoms with E-state index in [0.717, 1.165) is 57.1 Å². The molecule has 0 radical (unpaired) electrons. The molecule has 0 saturated carbocycles. The first kappa shape index (κ1) is 17.6. The molecule has 6 heteroatoms. The Morgan fingerprint density at radius 2 is 2.04 bits per heavy atom. The molecule has 0 spiro atoms. The summed E-state index contributed by atoms with van der Waals surface area (Å²) in [6.07, 6.45) is 3.09. The van der Waals surface area contributed by atoms with Gasteiger partial charge in [-0.05, 0) is 49.4 Å². The van der Waals surface area contributed by atoms with Crippen LogP contribution in [0.3, 0.4) is 0 Å². The van der Waals surface area contributed by atoms with Crippen LogP contribution in [0.2, 0.25) is 0 Å². The molecule has 1 fully saturated rings. The molecule has 128 valence electrons. The predicted octanol–water partition coefficient (Wildman–Crippen LogP) is 2.26. The lowest BCUT2D eigenvalue weighted by Gasteiger charge is -2.21. The number of nitrogens with zero attached hydrogens (tertiary/aromatic N) is 1. The van der Waals surface area contributed by atoms with E-state index < -0.39 is 0 Å². The number of aliphatic imine (C=N–C) groups is 1. The van der Waals surface area contributed by atoms with Crippen LogP contribution in [0, 0.1) is 5.92 Å². The summed E-state index contributed by atoms with van der Waals surface area (Å²) in [6.45, 7) is 3.93. The molecule has 0 aromatic heterocycles. The van der Waals surface area contributed by atoms with Crippen molar-refractivity contribution in [2.75, 3.05) is 45.4 Å². The van der Waals surface area contributed by atoms with Crippen molar-refractivity contribution >= 4 is 11.6 Å². The monoisotopic (exact) mass is 321 g/mol. The van der Waals surface area contributed by atoms with E-state index in [1.165, 1.54) is 0 Å². The van der Waals surface area contributed by atoms with Crippen LogP contribution in [0.1, 0.15) is 19.3 Å². The quantitative estimate of drug-likeness (QED) is 0.436. The van der Waals surface area contributed by atoms with Crippen LogP contribution in [0.4, 0.5) is 5.69 Å². The second-order valence-electron chi connectivity index (χ2n) is 5.60. The van der Waals surface area contributed by atoms with Gasteiger partial charge in [0.2, 0.25) is 0 Å². The molecule has 0 amide bonds. The summed E-state index contributed by atoms with van der Waals surface area (Å²) in [5.74, 6) is 1.88. The third kappa shape index (κ3) is 6.88. The van der Waals surface area contributed by atoms with Gasteiger partial charge in [0.15, 0.2) is 5.96 Å². The smallest absolute Gasteiger partial charge is 0.193 e. The Kier molecular flexibility index (Phi) is 7.69. The first-order chi connectivity index (χ1) is 11.3. The van der Waals surface area contributed by atoms with E-state index in [4.69, 9.17) is 19.9 Å². The Morgan fingerprint density at radius 1 is 1.30 bits per heavy atom. The number of ether oxygens (including phenoxy) is 3. The van der Waals surface area contributed by atoms with Crippen molar-refractivity contribution in [3.63, 3.8) is 0 Å². The second kappa shape index (κ2) is 10.1.